The van der Waals surface area contributed by atoms with Crippen LogP contribution in [-0.2, 0) is 9.84 Å². The summed E-state index contributed by atoms with van der Waals surface area (Å²) in [6.07, 6.45) is 4.10. The molecule has 0 bridgehead atoms. The van der Waals surface area contributed by atoms with Crippen LogP contribution in [0.4, 0.5) is 5.69 Å². The first-order valence-electron chi connectivity index (χ1n) is 7.50. The first-order chi connectivity index (χ1) is 9.77. The minimum Gasteiger partial charge on any atom is -0.491 e. The fraction of sp³-hybridized carbons (Fsp3) is 0.625. The van der Waals surface area contributed by atoms with Crippen LogP contribution in [0.3, 0.4) is 0 Å². The van der Waals surface area contributed by atoms with Gasteiger partial charge in [0.25, 0.3) is 0 Å². The average molecular weight is 311 g/mol. The van der Waals surface area contributed by atoms with Gasteiger partial charge in [0.1, 0.15) is 5.75 Å². The lowest BCUT2D eigenvalue weighted by Gasteiger charge is -2.22. The number of aryl methyl sites for hydroxylation is 1. The molecule has 118 valence electrons. The minimum absolute atomic E-state index is 0.00978. The van der Waals surface area contributed by atoms with E-state index in [-0.39, 0.29) is 17.4 Å². The normalized spacial score (nSPS) is 22.5. The highest BCUT2D eigenvalue weighted by molar-refractivity contribution is 7.91. The van der Waals surface area contributed by atoms with E-state index in [4.69, 9.17) is 4.74 Å². The molecule has 0 heterocycles. The second-order valence-corrected chi connectivity index (χ2v) is 8.46. The van der Waals surface area contributed by atoms with Gasteiger partial charge in [0.15, 0.2) is 9.84 Å². The number of hydrogen-bond acceptors (Lipinski definition) is 4. The van der Waals surface area contributed by atoms with Crippen molar-refractivity contribution >= 4 is 15.5 Å². The third kappa shape index (κ3) is 4.13. The summed E-state index contributed by atoms with van der Waals surface area (Å²) < 4.78 is 29.3. The average Bonchev–Trinajstić information content (AvgIpc) is 2.80. The first-order valence-corrected chi connectivity index (χ1v) is 9.45. The van der Waals surface area contributed by atoms with Crippen molar-refractivity contribution < 1.29 is 13.2 Å². The van der Waals surface area contributed by atoms with E-state index in [2.05, 4.69) is 5.32 Å². The molecule has 0 spiro atoms. The van der Waals surface area contributed by atoms with Gasteiger partial charge >= 0.3 is 0 Å². The van der Waals surface area contributed by atoms with Crippen molar-refractivity contribution in [2.45, 2.75) is 57.4 Å². The van der Waals surface area contributed by atoms with Gasteiger partial charge in [-0.3, -0.25) is 0 Å². The summed E-state index contributed by atoms with van der Waals surface area (Å²) in [5.74, 6) is 0.846. The van der Waals surface area contributed by atoms with Crippen molar-refractivity contribution in [3.05, 3.63) is 23.8 Å². The lowest BCUT2D eigenvalue weighted by Crippen LogP contribution is -2.34. The van der Waals surface area contributed by atoms with Crippen LogP contribution in [-0.4, -0.2) is 32.1 Å². The number of anilines is 1. The van der Waals surface area contributed by atoms with E-state index in [9.17, 15) is 8.42 Å². The van der Waals surface area contributed by atoms with Crippen molar-refractivity contribution in [3.8, 4) is 5.75 Å². The Morgan fingerprint density at radius 2 is 2.00 bits per heavy atom. The topological polar surface area (TPSA) is 55.4 Å². The first kappa shape index (κ1) is 16.1. The maximum atomic E-state index is 11.8. The Labute approximate surface area is 127 Å². The maximum absolute atomic E-state index is 11.8. The van der Waals surface area contributed by atoms with Gasteiger partial charge in [0, 0.05) is 18.0 Å². The molecule has 0 amide bonds. The molecule has 5 heteroatoms. The summed E-state index contributed by atoms with van der Waals surface area (Å²) in [6, 6.07) is 5.91. The van der Waals surface area contributed by atoms with E-state index in [1.807, 2.05) is 39.0 Å². The summed E-state index contributed by atoms with van der Waals surface area (Å²) in [5.41, 5.74) is 2.07. The van der Waals surface area contributed by atoms with Gasteiger partial charge < -0.3 is 10.1 Å². The highest BCUT2D eigenvalue weighted by Crippen LogP contribution is 2.30. The smallest absolute Gasteiger partial charge is 0.152 e. The van der Waals surface area contributed by atoms with E-state index in [1.165, 1.54) is 6.26 Å². The number of benzene rings is 1. The van der Waals surface area contributed by atoms with Gasteiger partial charge in [-0.1, -0.05) is 0 Å². The molecule has 2 unspecified atom stereocenters. The molecule has 1 aromatic rings. The van der Waals surface area contributed by atoms with Crippen molar-refractivity contribution in [2.24, 2.45) is 0 Å². The molecule has 1 fully saturated rings. The molecule has 2 rings (SSSR count). The van der Waals surface area contributed by atoms with Gasteiger partial charge in [0.05, 0.1) is 11.4 Å². The van der Waals surface area contributed by atoms with Crippen LogP contribution in [0.1, 0.15) is 38.7 Å². The number of sulfone groups is 1. The second kappa shape index (κ2) is 6.26. The summed E-state index contributed by atoms with van der Waals surface area (Å²) >= 11 is 0. The predicted molar refractivity (Wildman–Crippen MR) is 86.8 cm³/mol. The Bertz CT molecular complexity index is 596. The Kier molecular flexibility index (Phi) is 4.81. The van der Waals surface area contributed by atoms with Crippen LogP contribution >= 0.6 is 0 Å². The number of rotatable bonds is 5. The molecule has 1 aromatic carbocycles. The molecule has 1 aliphatic rings. The number of hydrogen-bond donors (Lipinski definition) is 1. The quantitative estimate of drug-likeness (QED) is 0.907. The number of ether oxygens (including phenoxy) is 1. The van der Waals surface area contributed by atoms with Crippen LogP contribution in [0.15, 0.2) is 18.2 Å². The molecule has 1 N–H and O–H groups in total. The molecule has 0 radical (unpaired) electrons. The molecule has 21 heavy (non-hydrogen) atoms. The molecule has 0 saturated heterocycles. The zero-order valence-electron chi connectivity index (χ0n) is 13.2. The van der Waals surface area contributed by atoms with Crippen LogP contribution in [0.25, 0.3) is 0 Å². The fourth-order valence-corrected chi connectivity index (χ4v) is 4.34. The molecular formula is C16H25NO3S. The highest BCUT2D eigenvalue weighted by Gasteiger charge is 2.34. The summed E-state index contributed by atoms with van der Waals surface area (Å²) in [4.78, 5) is 0. The Morgan fingerprint density at radius 1 is 1.29 bits per heavy atom. The molecule has 1 saturated carbocycles. The van der Waals surface area contributed by atoms with E-state index in [1.54, 1.807) is 0 Å². The van der Waals surface area contributed by atoms with Crippen molar-refractivity contribution in [1.82, 2.24) is 0 Å². The zero-order chi connectivity index (χ0) is 15.6. The maximum Gasteiger partial charge on any atom is 0.152 e. The SMILES string of the molecule is Cc1cc(OC(C)C)ccc1NC1CCCC1S(C)(=O)=O. The Morgan fingerprint density at radius 3 is 2.57 bits per heavy atom. The third-order valence-corrected chi connectivity index (χ3v) is 5.58. The zero-order valence-corrected chi connectivity index (χ0v) is 14.0. The summed E-state index contributed by atoms with van der Waals surface area (Å²) in [5, 5.41) is 3.14. The van der Waals surface area contributed by atoms with Gasteiger partial charge in [-0.05, 0) is 63.8 Å². The van der Waals surface area contributed by atoms with E-state index < -0.39 is 9.84 Å². The highest BCUT2D eigenvalue weighted by atomic mass is 32.2. The van der Waals surface area contributed by atoms with Gasteiger partial charge in [0.2, 0.25) is 0 Å². The molecule has 4 nitrogen and oxygen atoms in total. The molecule has 1 aliphatic carbocycles. The van der Waals surface area contributed by atoms with Crippen molar-refractivity contribution in [1.29, 1.82) is 0 Å². The van der Waals surface area contributed by atoms with Gasteiger partial charge in [-0.2, -0.15) is 0 Å². The minimum atomic E-state index is -3.00. The lowest BCUT2D eigenvalue weighted by molar-refractivity contribution is 0.242. The van der Waals surface area contributed by atoms with Crippen LogP contribution < -0.4 is 10.1 Å². The largest absolute Gasteiger partial charge is 0.491 e. The van der Waals surface area contributed by atoms with Crippen molar-refractivity contribution in [3.63, 3.8) is 0 Å². The lowest BCUT2D eigenvalue weighted by atomic mass is 10.1. The molecule has 0 aliphatic heterocycles. The van der Waals surface area contributed by atoms with E-state index in [0.29, 0.717) is 0 Å². The van der Waals surface area contributed by atoms with E-state index in [0.717, 1.165) is 36.3 Å². The van der Waals surface area contributed by atoms with Crippen LogP contribution in [0, 0.1) is 6.92 Å². The van der Waals surface area contributed by atoms with Crippen molar-refractivity contribution in [2.75, 3.05) is 11.6 Å². The predicted octanol–water partition coefficient (Wildman–Crippen LogP) is 3.16. The number of nitrogens with one attached hydrogen (secondary N) is 1. The Balaban J connectivity index is 2.13. The molecule has 0 aromatic heterocycles. The molecular weight excluding hydrogens is 286 g/mol. The second-order valence-electron chi connectivity index (χ2n) is 6.19. The Hall–Kier alpha value is -1.23. The summed E-state index contributed by atoms with van der Waals surface area (Å²) in [7, 11) is -3.00. The van der Waals surface area contributed by atoms with Gasteiger partial charge in [-0.25, -0.2) is 8.42 Å². The van der Waals surface area contributed by atoms with Crippen LogP contribution in [0.5, 0.6) is 5.75 Å². The standard InChI is InChI=1S/C16H25NO3S/c1-11(2)20-13-8-9-14(12(3)10-13)17-15-6-5-7-16(15)21(4,18)19/h8-11,15-17H,5-7H2,1-4H3. The summed E-state index contributed by atoms with van der Waals surface area (Å²) in [6.45, 7) is 6.01. The fourth-order valence-electron chi connectivity index (χ4n) is 2.95. The van der Waals surface area contributed by atoms with E-state index >= 15 is 0 Å². The van der Waals surface area contributed by atoms with Gasteiger partial charge in [-0.15, -0.1) is 0 Å². The monoisotopic (exact) mass is 311 g/mol. The third-order valence-electron chi connectivity index (χ3n) is 3.91. The molecule has 2 atom stereocenters. The van der Waals surface area contributed by atoms with Crippen LogP contribution in [0.2, 0.25) is 0 Å².